The Morgan fingerprint density at radius 1 is 1.05 bits per heavy atom. The van der Waals surface area contributed by atoms with E-state index in [9.17, 15) is 9.59 Å². The van der Waals surface area contributed by atoms with Crippen LogP contribution in [0.3, 0.4) is 0 Å². The number of aryl methyl sites for hydroxylation is 2. The standard InChI is InChI=1S/C23H18N2OS.C7H7N5O/c1-3-19-14-18-9-7-8-17(12-13-21-16(2)24-15-27-21)22(18)23(26)25(19)20-10-5-4-6-11-20;8-5-4(6(9)13)7-10-2-1-3-12(7)11-5/h4-11,14-15H,3H2,1-2H3;1-3H,(H2,8,11)(H2,9,13). The Kier molecular flexibility index (Phi) is 7.39. The second-order valence-electron chi connectivity index (χ2n) is 8.76. The molecule has 6 rings (SSSR count). The summed E-state index contributed by atoms with van der Waals surface area (Å²) >= 11 is 1.52. The van der Waals surface area contributed by atoms with Gasteiger partial charge in [-0.3, -0.25) is 14.2 Å². The highest BCUT2D eigenvalue weighted by molar-refractivity contribution is 7.10. The Bertz CT molecular complexity index is 1980. The predicted molar refractivity (Wildman–Crippen MR) is 158 cm³/mol. The number of primary amides is 1. The number of aromatic nitrogens is 5. The summed E-state index contributed by atoms with van der Waals surface area (Å²) in [6.07, 6.45) is 3.96. The number of hydrogen-bond donors (Lipinski definition) is 2. The molecule has 0 saturated heterocycles. The van der Waals surface area contributed by atoms with E-state index in [0.29, 0.717) is 11.0 Å². The van der Waals surface area contributed by atoms with Crippen LogP contribution in [0.1, 0.15) is 39.1 Å². The fourth-order valence-electron chi connectivity index (χ4n) is 4.33. The molecular weight excluding hydrogens is 522 g/mol. The summed E-state index contributed by atoms with van der Waals surface area (Å²) < 4.78 is 3.21. The molecule has 0 spiro atoms. The van der Waals surface area contributed by atoms with Gasteiger partial charge >= 0.3 is 0 Å². The Balaban J connectivity index is 0.000000207. The molecule has 4 heterocycles. The number of anilines is 1. The lowest BCUT2D eigenvalue weighted by Gasteiger charge is -2.14. The van der Waals surface area contributed by atoms with E-state index in [1.54, 1.807) is 28.5 Å². The summed E-state index contributed by atoms with van der Waals surface area (Å²) in [4.78, 5) is 33.5. The number of thiazole rings is 1. The van der Waals surface area contributed by atoms with Gasteiger partial charge in [-0.2, -0.15) is 0 Å². The Hall–Kier alpha value is -5.27. The van der Waals surface area contributed by atoms with Gasteiger partial charge in [-0.1, -0.05) is 43.2 Å². The molecule has 0 aliphatic rings. The van der Waals surface area contributed by atoms with Crippen molar-refractivity contribution in [3.63, 3.8) is 0 Å². The van der Waals surface area contributed by atoms with Gasteiger partial charge in [0, 0.05) is 29.3 Å². The minimum absolute atomic E-state index is 0.0264. The Morgan fingerprint density at radius 3 is 2.55 bits per heavy atom. The van der Waals surface area contributed by atoms with Crippen molar-refractivity contribution in [2.75, 3.05) is 5.73 Å². The summed E-state index contributed by atoms with van der Waals surface area (Å²) in [5, 5.41) is 5.45. The zero-order chi connectivity index (χ0) is 28.2. The first kappa shape index (κ1) is 26.3. The SMILES string of the molecule is CCc1cc2cccc(C#Cc3scnc3C)c2c(=O)n1-c1ccccc1.NC(=O)c1c(N)nn2cccnc12. The van der Waals surface area contributed by atoms with E-state index in [-0.39, 0.29) is 16.9 Å². The van der Waals surface area contributed by atoms with Crippen LogP contribution in [-0.2, 0) is 6.42 Å². The van der Waals surface area contributed by atoms with Gasteiger partial charge in [-0.15, -0.1) is 16.4 Å². The molecule has 0 aliphatic carbocycles. The summed E-state index contributed by atoms with van der Waals surface area (Å²) in [5.74, 6) is 5.85. The Morgan fingerprint density at radius 2 is 1.85 bits per heavy atom. The molecule has 10 heteroatoms. The zero-order valence-electron chi connectivity index (χ0n) is 21.8. The van der Waals surface area contributed by atoms with Crippen LogP contribution in [0.5, 0.6) is 0 Å². The lowest BCUT2D eigenvalue weighted by atomic mass is 10.0. The Labute approximate surface area is 233 Å². The average Bonchev–Trinajstić information content (AvgIpc) is 3.53. The predicted octanol–water partition coefficient (Wildman–Crippen LogP) is 4.13. The first-order chi connectivity index (χ1) is 19.4. The second kappa shape index (κ2) is 11.2. The maximum absolute atomic E-state index is 13.4. The van der Waals surface area contributed by atoms with E-state index in [1.165, 1.54) is 15.9 Å². The number of para-hydroxylation sites is 1. The van der Waals surface area contributed by atoms with E-state index in [0.717, 1.165) is 39.3 Å². The van der Waals surface area contributed by atoms with Crippen LogP contribution in [0.2, 0.25) is 0 Å². The minimum atomic E-state index is -0.619. The maximum atomic E-state index is 13.4. The monoisotopic (exact) mass is 547 g/mol. The van der Waals surface area contributed by atoms with E-state index < -0.39 is 5.91 Å². The van der Waals surface area contributed by atoms with Gasteiger partial charge in [0.25, 0.3) is 11.5 Å². The van der Waals surface area contributed by atoms with Gasteiger partial charge in [-0.25, -0.2) is 14.5 Å². The molecule has 0 bridgehead atoms. The zero-order valence-corrected chi connectivity index (χ0v) is 22.6. The van der Waals surface area contributed by atoms with Crippen molar-refractivity contribution in [3.05, 3.63) is 116 Å². The van der Waals surface area contributed by atoms with Gasteiger partial charge in [-0.05, 0) is 55.0 Å². The van der Waals surface area contributed by atoms with Crippen molar-refractivity contribution < 1.29 is 4.79 Å². The summed E-state index contributed by atoms with van der Waals surface area (Å²) in [7, 11) is 0. The number of rotatable bonds is 3. The number of carbonyl (C=O) groups excluding carboxylic acids is 1. The molecule has 9 nitrogen and oxygen atoms in total. The molecule has 6 aromatic rings. The highest BCUT2D eigenvalue weighted by Crippen LogP contribution is 2.20. The number of carbonyl (C=O) groups is 1. The van der Waals surface area contributed by atoms with Gasteiger partial charge in [0.2, 0.25) is 0 Å². The number of pyridine rings is 1. The van der Waals surface area contributed by atoms with E-state index in [2.05, 4.69) is 39.9 Å². The molecule has 4 N–H and O–H groups in total. The molecule has 0 saturated carbocycles. The number of nitrogens with two attached hydrogens (primary N) is 2. The number of nitrogen functional groups attached to an aromatic ring is 1. The number of amides is 1. The van der Waals surface area contributed by atoms with Crippen LogP contribution >= 0.6 is 11.3 Å². The van der Waals surface area contributed by atoms with Crippen molar-refractivity contribution in [1.82, 2.24) is 24.1 Å². The first-order valence-electron chi connectivity index (χ1n) is 12.4. The van der Waals surface area contributed by atoms with Crippen molar-refractivity contribution in [2.45, 2.75) is 20.3 Å². The third kappa shape index (κ3) is 5.06. The normalized spacial score (nSPS) is 10.6. The largest absolute Gasteiger partial charge is 0.381 e. The van der Waals surface area contributed by atoms with Crippen LogP contribution in [0, 0.1) is 18.8 Å². The minimum Gasteiger partial charge on any atom is -0.381 e. The quantitative estimate of drug-likeness (QED) is 0.320. The van der Waals surface area contributed by atoms with E-state index >= 15 is 0 Å². The first-order valence-corrected chi connectivity index (χ1v) is 13.3. The average molecular weight is 548 g/mol. The van der Waals surface area contributed by atoms with Gasteiger partial charge in [0.05, 0.1) is 21.5 Å². The van der Waals surface area contributed by atoms with Crippen molar-refractivity contribution in [3.8, 4) is 17.5 Å². The number of benzene rings is 2. The lowest BCUT2D eigenvalue weighted by molar-refractivity contribution is 0.100. The summed E-state index contributed by atoms with van der Waals surface area (Å²) in [6.45, 7) is 4.01. The summed E-state index contributed by atoms with van der Waals surface area (Å²) in [5.41, 5.74) is 16.4. The van der Waals surface area contributed by atoms with Crippen molar-refractivity contribution in [1.29, 1.82) is 0 Å². The summed E-state index contributed by atoms with van der Waals surface area (Å²) in [6, 6.07) is 19.4. The fraction of sp³-hybridized carbons (Fsp3) is 0.100. The fourth-order valence-corrected chi connectivity index (χ4v) is 4.98. The maximum Gasteiger partial charge on any atom is 0.264 e. The number of nitrogens with zero attached hydrogens (tertiary/aromatic N) is 5. The van der Waals surface area contributed by atoms with Gasteiger partial charge < -0.3 is 11.5 Å². The van der Waals surface area contributed by atoms with Crippen LogP contribution in [0.4, 0.5) is 5.82 Å². The number of fused-ring (bicyclic) bond motifs is 2. The molecule has 0 unspecified atom stereocenters. The van der Waals surface area contributed by atoms with Crippen LogP contribution in [0.25, 0.3) is 22.1 Å². The van der Waals surface area contributed by atoms with Crippen LogP contribution < -0.4 is 17.0 Å². The second-order valence-corrected chi connectivity index (χ2v) is 9.62. The molecule has 0 atom stereocenters. The molecule has 1 amide bonds. The topological polar surface area (TPSA) is 134 Å². The van der Waals surface area contributed by atoms with Crippen molar-refractivity contribution >= 4 is 39.5 Å². The molecular formula is C30H25N7O2S. The molecule has 2 aromatic carbocycles. The van der Waals surface area contributed by atoms with Gasteiger partial charge in [0.15, 0.2) is 11.5 Å². The molecule has 198 valence electrons. The third-order valence-electron chi connectivity index (χ3n) is 6.22. The van der Waals surface area contributed by atoms with Crippen molar-refractivity contribution in [2.24, 2.45) is 5.73 Å². The lowest BCUT2D eigenvalue weighted by Crippen LogP contribution is -2.22. The smallest absolute Gasteiger partial charge is 0.264 e. The number of hydrogen-bond acceptors (Lipinski definition) is 7. The highest BCUT2D eigenvalue weighted by Gasteiger charge is 2.15. The van der Waals surface area contributed by atoms with Crippen LogP contribution in [0.15, 0.2) is 83.4 Å². The molecule has 4 aromatic heterocycles. The third-order valence-corrected chi connectivity index (χ3v) is 7.07. The molecule has 0 fully saturated rings. The molecule has 0 radical (unpaired) electrons. The van der Waals surface area contributed by atoms with Crippen LogP contribution in [-0.4, -0.2) is 30.1 Å². The van der Waals surface area contributed by atoms with Gasteiger partial charge in [0.1, 0.15) is 5.56 Å². The molecule has 40 heavy (non-hydrogen) atoms. The highest BCUT2D eigenvalue weighted by atomic mass is 32.1. The molecule has 0 aliphatic heterocycles. The van der Waals surface area contributed by atoms with E-state index in [4.69, 9.17) is 11.5 Å². The van der Waals surface area contributed by atoms with E-state index in [1.807, 2.05) is 55.5 Å².